The molecule has 0 saturated carbocycles. The largest absolute Gasteiger partial charge is 0.401 e. The topological polar surface area (TPSA) is 50.2 Å². The molecule has 1 aliphatic heterocycles. The van der Waals surface area contributed by atoms with Crippen LogP contribution in [0.15, 0.2) is 18.2 Å². The number of amides is 1. The summed E-state index contributed by atoms with van der Waals surface area (Å²) in [5.41, 5.74) is 1.04. The van der Waals surface area contributed by atoms with Crippen molar-refractivity contribution < 1.29 is 26.7 Å². The number of nitrogens with one attached hydrogen (secondary N) is 1. The van der Waals surface area contributed by atoms with Crippen molar-refractivity contribution in [3.05, 3.63) is 46.8 Å². The van der Waals surface area contributed by atoms with E-state index in [4.69, 9.17) is 0 Å². The lowest BCUT2D eigenvalue weighted by Gasteiger charge is -2.18. The second-order valence-electron chi connectivity index (χ2n) is 7.27. The van der Waals surface area contributed by atoms with Crippen molar-refractivity contribution in [2.24, 2.45) is 5.92 Å². The Hall–Kier alpha value is -2.49. The molecule has 1 saturated heterocycles. The molecule has 158 valence electrons. The number of aryl methyl sites for hydroxylation is 1. The highest BCUT2D eigenvalue weighted by molar-refractivity contribution is 5.96. The summed E-state index contributed by atoms with van der Waals surface area (Å²) in [6, 6.07) is 3.07. The summed E-state index contributed by atoms with van der Waals surface area (Å²) in [5.74, 6) is -2.03. The van der Waals surface area contributed by atoms with Crippen LogP contribution in [0.4, 0.5) is 22.0 Å². The lowest BCUT2D eigenvalue weighted by molar-refractivity contribution is -0.143. The molecular formula is C19H21F5N4O. The summed E-state index contributed by atoms with van der Waals surface area (Å²) < 4.78 is 65.9. The molecule has 29 heavy (non-hydrogen) atoms. The maximum atomic E-state index is 14.1. The van der Waals surface area contributed by atoms with Crippen LogP contribution in [0.2, 0.25) is 0 Å². The molecule has 0 aliphatic carbocycles. The number of nitrogens with zero attached hydrogens (tertiary/aromatic N) is 3. The highest BCUT2D eigenvalue weighted by Gasteiger charge is 2.34. The zero-order valence-electron chi connectivity index (χ0n) is 16.0. The molecule has 0 bridgehead atoms. The molecule has 2 heterocycles. The molecule has 1 N–H and O–H groups in total. The molecule has 2 aromatic rings. The van der Waals surface area contributed by atoms with Gasteiger partial charge in [0.15, 0.2) is 5.82 Å². The van der Waals surface area contributed by atoms with E-state index in [0.29, 0.717) is 24.4 Å². The lowest BCUT2D eigenvalue weighted by Crippen LogP contribution is -2.35. The molecule has 0 spiro atoms. The van der Waals surface area contributed by atoms with Crippen LogP contribution in [-0.4, -0.2) is 52.9 Å². The van der Waals surface area contributed by atoms with Crippen molar-refractivity contribution in [1.82, 2.24) is 20.0 Å². The quantitative estimate of drug-likeness (QED) is 0.761. The molecule has 3 rings (SSSR count). The minimum atomic E-state index is -4.24. The van der Waals surface area contributed by atoms with Gasteiger partial charge < -0.3 is 5.32 Å². The van der Waals surface area contributed by atoms with Crippen LogP contribution in [0.25, 0.3) is 5.69 Å². The van der Waals surface area contributed by atoms with Gasteiger partial charge in [0.1, 0.15) is 11.5 Å². The number of benzene rings is 1. The Morgan fingerprint density at radius 3 is 2.66 bits per heavy atom. The van der Waals surface area contributed by atoms with Gasteiger partial charge in [0.2, 0.25) is 0 Å². The average molecular weight is 416 g/mol. The number of halogens is 5. The summed E-state index contributed by atoms with van der Waals surface area (Å²) >= 11 is 0. The Morgan fingerprint density at radius 1 is 1.28 bits per heavy atom. The second-order valence-corrected chi connectivity index (χ2v) is 7.27. The Balaban J connectivity index is 1.67. The first kappa shape index (κ1) is 21.2. The van der Waals surface area contributed by atoms with Crippen LogP contribution in [0.1, 0.15) is 28.2 Å². The second kappa shape index (κ2) is 8.10. The fourth-order valence-electron chi connectivity index (χ4n) is 3.66. The molecule has 1 fully saturated rings. The Labute approximate surface area is 164 Å². The van der Waals surface area contributed by atoms with Crippen molar-refractivity contribution in [3.63, 3.8) is 0 Å². The molecule has 1 aromatic heterocycles. The number of carbonyl (C=O) groups is 1. The Morgan fingerprint density at radius 2 is 2.00 bits per heavy atom. The number of carbonyl (C=O) groups excluding carboxylic acids is 1. The highest BCUT2D eigenvalue weighted by Crippen LogP contribution is 2.23. The first-order valence-corrected chi connectivity index (χ1v) is 9.14. The minimum Gasteiger partial charge on any atom is -0.352 e. The van der Waals surface area contributed by atoms with Crippen LogP contribution in [0.3, 0.4) is 0 Å². The summed E-state index contributed by atoms with van der Waals surface area (Å²) in [5, 5.41) is 6.92. The Kier molecular flexibility index (Phi) is 5.92. The van der Waals surface area contributed by atoms with E-state index in [0.717, 1.165) is 12.1 Å². The van der Waals surface area contributed by atoms with E-state index < -0.39 is 30.3 Å². The van der Waals surface area contributed by atoms with Crippen molar-refractivity contribution >= 4 is 5.91 Å². The molecule has 1 atom stereocenters. The van der Waals surface area contributed by atoms with E-state index in [2.05, 4.69) is 10.4 Å². The van der Waals surface area contributed by atoms with Crippen LogP contribution < -0.4 is 5.32 Å². The number of hydrogen-bond donors (Lipinski definition) is 1. The summed E-state index contributed by atoms with van der Waals surface area (Å²) in [6.07, 6.45) is -3.68. The molecule has 1 aromatic carbocycles. The molecular weight excluding hydrogens is 395 g/mol. The fourth-order valence-corrected chi connectivity index (χ4v) is 3.66. The van der Waals surface area contributed by atoms with Crippen molar-refractivity contribution in [2.45, 2.75) is 26.4 Å². The van der Waals surface area contributed by atoms with Crippen LogP contribution in [-0.2, 0) is 0 Å². The fraction of sp³-hybridized carbons (Fsp3) is 0.474. The van der Waals surface area contributed by atoms with E-state index in [9.17, 15) is 26.7 Å². The zero-order chi connectivity index (χ0) is 21.3. The first-order chi connectivity index (χ1) is 13.5. The minimum absolute atomic E-state index is 0.0182. The standard InChI is InChI=1S/C19H21F5N4O/c1-11-17(12(2)28(26-11)16-4-3-14(20)7-15(16)21)18(29)25-8-13-5-6-27(9-13)10-19(22,23)24/h3-4,7,13H,5-6,8-10H2,1-2H3,(H,25,29). The monoisotopic (exact) mass is 416 g/mol. The van der Waals surface area contributed by atoms with E-state index in [1.165, 1.54) is 15.6 Å². The van der Waals surface area contributed by atoms with Gasteiger partial charge in [-0.05, 0) is 44.9 Å². The molecule has 10 heteroatoms. The molecule has 0 radical (unpaired) electrons. The van der Waals surface area contributed by atoms with E-state index in [1.807, 2.05) is 0 Å². The molecule has 1 unspecified atom stereocenters. The number of aromatic nitrogens is 2. The summed E-state index contributed by atoms with van der Waals surface area (Å²) in [6.45, 7) is 3.07. The van der Waals surface area contributed by atoms with Crippen molar-refractivity contribution in [3.8, 4) is 5.69 Å². The first-order valence-electron chi connectivity index (χ1n) is 9.14. The number of hydrogen-bond acceptors (Lipinski definition) is 3. The third-order valence-electron chi connectivity index (χ3n) is 4.98. The van der Waals surface area contributed by atoms with Gasteiger partial charge in [0.05, 0.1) is 23.5 Å². The van der Waals surface area contributed by atoms with Gasteiger partial charge in [0, 0.05) is 19.2 Å². The molecule has 1 amide bonds. The molecule has 5 nitrogen and oxygen atoms in total. The molecule has 1 aliphatic rings. The van der Waals surface area contributed by atoms with Crippen molar-refractivity contribution in [1.29, 1.82) is 0 Å². The van der Waals surface area contributed by atoms with Gasteiger partial charge in [-0.3, -0.25) is 9.69 Å². The Bertz CT molecular complexity index is 909. The average Bonchev–Trinajstić information content (AvgIpc) is 3.15. The van der Waals surface area contributed by atoms with Gasteiger partial charge in [-0.2, -0.15) is 18.3 Å². The highest BCUT2D eigenvalue weighted by atomic mass is 19.4. The third-order valence-corrected chi connectivity index (χ3v) is 4.98. The van der Waals surface area contributed by atoms with E-state index in [-0.39, 0.29) is 30.3 Å². The maximum Gasteiger partial charge on any atom is 0.401 e. The maximum absolute atomic E-state index is 14.1. The van der Waals surface area contributed by atoms with Gasteiger partial charge in [-0.25, -0.2) is 13.5 Å². The number of alkyl halides is 3. The summed E-state index contributed by atoms with van der Waals surface area (Å²) in [4.78, 5) is 13.9. The smallest absolute Gasteiger partial charge is 0.352 e. The van der Waals surface area contributed by atoms with Gasteiger partial charge in [-0.1, -0.05) is 0 Å². The SMILES string of the molecule is Cc1nn(-c2ccc(F)cc2F)c(C)c1C(=O)NCC1CCN(CC(F)(F)F)C1. The predicted octanol–water partition coefficient (Wildman–Crippen LogP) is 3.38. The lowest BCUT2D eigenvalue weighted by atomic mass is 10.1. The summed E-state index contributed by atoms with van der Waals surface area (Å²) in [7, 11) is 0. The van der Waals surface area contributed by atoms with Gasteiger partial charge >= 0.3 is 6.18 Å². The van der Waals surface area contributed by atoms with Gasteiger partial charge in [0.25, 0.3) is 5.91 Å². The zero-order valence-corrected chi connectivity index (χ0v) is 16.0. The van der Waals surface area contributed by atoms with Crippen LogP contribution in [0.5, 0.6) is 0 Å². The van der Waals surface area contributed by atoms with E-state index in [1.54, 1.807) is 13.8 Å². The third kappa shape index (κ3) is 4.92. The predicted molar refractivity (Wildman–Crippen MR) is 95.9 cm³/mol. The van der Waals surface area contributed by atoms with Crippen LogP contribution >= 0.6 is 0 Å². The number of likely N-dealkylation sites (tertiary alicyclic amines) is 1. The number of rotatable bonds is 5. The van der Waals surface area contributed by atoms with Crippen molar-refractivity contribution in [2.75, 3.05) is 26.2 Å². The van der Waals surface area contributed by atoms with Gasteiger partial charge in [-0.15, -0.1) is 0 Å². The van der Waals surface area contributed by atoms with E-state index >= 15 is 0 Å². The normalized spacial score (nSPS) is 17.7. The van der Waals surface area contributed by atoms with Crippen LogP contribution in [0, 0.1) is 31.4 Å².